The number of carbonyl (C=O) groups is 1. The summed E-state index contributed by atoms with van der Waals surface area (Å²) in [5, 5.41) is 3.77. The van der Waals surface area contributed by atoms with E-state index in [9.17, 15) is 4.79 Å². The van der Waals surface area contributed by atoms with Gasteiger partial charge in [0, 0.05) is 12.6 Å². The van der Waals surface area contributed by atoms with E-state index in [-0.39, 0.29) is 18.2 Å². The SMILES string of the molecule is COc1ccc([C@H]2CN(C(=O)OC(C)(C)C)[C@@H]3CCCC[C@@H]3N2)cc1. The van der Waals surface area contributed by atoms with Crippen LogP contribution in [0.1, 0.15) is 58.1 Å². The fourth-order valence-electron chi connectivity index (χ4n) is 3.89. The van der Waals surface area contributed by atoms with Gasteiger partial charge >= 0.3 is 6.09 Å². The fourth-order valence-corrected chi connectivity index (χ4v) is 3.89. The summed E-state index contributed by atoms with van der Waals surface area (Å²) in [5.74, 6) is 0.846. The van der Waals surface area contributed by atoms with E-state index in [0.717, 1.165) is 18.6 Å². The van der Waals surface area contributed by atoms with E-state index < -0.39 is 5.60 Å². The van der Waals surface area contributed by atoms with Crippen LogP contribution in [0.2, 0.25) is 0 Å². The van der Waals surface area contributed by atoms with E-state index in [1.165, 1.54) is 18.4 Å². The van der Waals surface area contributed by atoms with Crippen molar-refractivity contribution in [3.8, 4) is 5.75 Å². The van der Waals surface area contributed by atoms with Gasteiger partial charge in [0.15, 0.2) is 0 Å². The van der Waals surface area contributed by atoms with E-state index >= 15 is 0 Å². The zero-order valence-corrected chi connectivity index (χ0v) is 15.7. The van der Waals surface area contributed by atoms with E-state index in [4.69, 9.17) is 9.47 Å². The summed E-state index contributed by atoms with van der Waals surface area (Å²) >= 11 is 0. The van der Waals surface area contributed by atoms with Crippen LogP contribution in [0.25, 0.3) is 0 Å². The van der Waals surface area contributed by atoms with Gasteiger partial charge in [0.2, 0.25) is 0 Å². The minimum atomic E-state index is -0.471. The number of ether oxygens (including phenoxy) is 2. The molecule has 0 unspecified atom stereocenters. The lowest BCUT2D eigenvalue weighted by Crippen LogP contribution is -2.62. The Balaban J connectivity index is 1.80. The maximum Gasteiger partial charge on any atom is 0.410 e. The van der Waals surface area contributed by atoms with E-state index in [1.54, 1.807) is 7.11 Å². The number of methoxy groups -OCH3 is 1. The van der Waals surface area contributed by atoms with E-state index in [1.807, 2.05) is 37.8 Å². The number of hydrogen-bond donors (Lipinski definition) is 1. The molecule has 1 heterocycles. The quantitative estimate of drug-likeness (QED) is 0.883. The smallest absolute Gasteiger partial charge is 0.410 e. The molecule has 5 nitrogen and oxygen atoms in total. The standard InChI is InChI=1S/C20H30N2O3/c1-20(2,3)25-19(23)22-13-17(14-9-11-15(24-4)12-10-14)21-16-7-5-6-8-18(16)22/h9-12,16-18,21H,5-8,13H2,1-4H3/t16-,17+,18+/m0/s1. The molecule has 1 aromatic rings. The van der Waals surface area contributed by atoms with Crippen molar-refractivity contribution in [2.24, 2.45) is 0 Å². The molecule has 0 bridgehead atoms. The molecule has 2 aliphatic rings. The highest BCUT2D eigenvalue weighted by molar-refractivity contribution is 5.69. The molecule has 3 rings (SSSR count). The molecule has 25 heavy (non-hydrogen) atoms. The zero-order chi connectivity index (χ0) is 18.0. The summed E-state index contributed by atoms with van der Waals surface area (Å²) in [4.78, 5) is 14.8. The highest BCUT2D eigenvalue weighted by Crippen LogP contribution is 2.33. The Morgan fingerprint density at radius 2 is 1.84 bits per heavy atom. The Morgan fingerprint density at radius 1 is 1.16 bits per heavy atom. The maximum absolute atomic E-state index is 12.8. The summed E-state index contributed by atoms with van der Waals surface area (Å²) in [5.41, 5.74) is 0.709. The van der Waals surface area contributed by atoms with E-state index in [0.29, 0.717) is 12.6 Å². The second kappa shape index (κ2) is 7.24. The van der Waals surface area contributed by atoms with Crippen molar-refractivity contribution in [2.45, 2.75) is 70.2 Å². The number of amides is 1. The molecule has 1 aliphatic heterocycles. The van der Waals surface area contributed by atoms with Gasteiger partial charge in [-0.05, 0) is 51.3 Å². The predicted molar refractivity (Wildman–Crippen MR) is 97.9 cm³/mol. The number of hydrogen-bond acceptors (Lipinski definition) is 4. The average molecular weight is 346 g/mol. The minimum absolute atomic E-state index is 0.123. The average Bonchev–Trinajstić information content (AvgIpc) is 2.59. The van der Waals surface area contributed by atoms with Crippen LogP contribution in [-0.4, -0.2) is 42.3 Å². The van der Waals surface area contributed by atoms with Gasteiger partial charge in [-0.25, -0.2) is 4.79 Å². The number of nitrogens with one attached hydrogen (secondary N) is 1. The molecular weight excluding hydrogens is 316 g/mol. The first kappa shape index (κ1) is 18.1. The van der Waals surface area contributed by atoms with Gasteiger partial charge in [0.1, 0.15) is 11.4 Å². The first-order valence-electron chi connectivity index (χ1n) is 9.27. The molecule has 2 fully saturated rings. The minimum Gasteiger partial charge on any atom is -0.497 e. The molecule has 138 valence electrons. The molecule has 1 N–H and O–H groups in total. The molecule has 5 heteroatoms. The molecule has 0 aromatic heterocycles. The Hall–Kier alpha value is -1.75. The van der Waals surface area contributed by atoms with Crippen molar-refractivity contribution < 1.29 is 14.3 Å². The van der Waals surface area contributed by atoms with Crippen LogP contribution in [0.3, 0.4) is 0 Å². The lowest BCUT2D eigenvalue weighted by molar-refractivity contribution is -0.00711. The first-order chi connectivity index (χ1) is 11.9. The van der Waals surface area contributed by atoms with Gasteiger partial charge in [0.25, 0.3) is 0 Å². The molecule has 0 radical (unpaired) electrons. The van der Waals surface area contributed by atoms with Gasteiger partial charge in [-0.15, -0.1) is 0 Å². The molecular formula is C20H30N2O3. The van der Waals surface area contributed by atoms with Crippen molar-refractivity contribution in [3.05, 3.63) is 29.8 Å². The highest BCUT2D eigenvalue weighted by atomic mass is 16.6. The lowest BCUT2D eigenvalue weighted by atomic mass is 9.85. The predicted octanol–water partition coefficient (Wildman–Crippen LogP) is 3.89. The molecule has 1 amide bonds. The zero-order valence-electron chi connectivity index (χ0n) is 15.7. The number of nitrogens with zero attached hydrogens (tertiary/aromatic N) is 1. The van der Waals surface area contributed by atoms with Crippen molar-refractivity contribution in [2.75, 3.05) is 13.7 Å². The third-order valence-corrected chi connectivity index (χ3v) is 5.07. The topological polar surface area (TPSA) is 50.8 Å². The summed E-state index contributed by atoms with van der Waals surface area (Å²) < 4.78 is 10.9. The van der Waals surface area contributed by atoms with Crippen LogP contribution in [0.4, 0.5) is 4.79 Å². The third-order valence-electron chi connectivity index (χ3n) is 5.07. The monoisotopic (exact) mass is 346 g/mol. The molecule has 1 saturated heterocycles. The maximum atomic E-state index is 12.8. The lowest BCUT2D eigenvalue weighted by Gasteiger charge is -2.47. The Labute approximate surface area is 150 Å². The molecule has 0 spiro atoms. The summed E-state index contributed by atoms with van der Waals surface area (Å²) in [6.45, 7) is 6.41. The van der Waals surface area contributed by atoms with Crippen molar-refractivity contribution in [1.29, 1.82) is 0 Å². The van der Waals surface area contributed by atoms with Crippen molar-refractivity contribution in [1.82, 2.24) is 10.2 Å². The Morgan fingerprint density at radius 3 is 2.48 bits per heavy atom. The normalized spacial score (nSPS) is 26.7. The second-order valence-electron chi connectivity index (χ2n) is 8.08. The van der Waals surface area contributed by atoms with Gasteiger partial charge in [0.05, 0.1) is 19.2 Å². The first-order valence-corrected chi connectivity index (χ1v) is 9.27. The number of piperazine rings is 1. The van der Waals surface area contributed by atoms with Crippen LogP contribution in [-0.2, 0) is 4.74 Å². The molecule has 1 saturated carbocycles. The van der Waals surface area contributed by atoms with Crippen LogP contribution in [0, 0.1) is 0 Å². The number of carbonyl (C=O) groups excluding carboxylic acids is 1. The highest BCUT2D eigenvalue weighted by Gasteiger charge is 2.41. The Kier molecular flexibility index (Phi) is 5.23. The number of benzene rings is 1. The molecule has 3 atom stereocenters. The van der Waals surface area contributed by atoms with Gasteiger partial charge in [-0.3, -0.25) is 0 Å². The van der Waals surface area contributed by atoms with Crippen LogP contribution >= 0.6 is 0 Å². The fraction of sp³-hybridized carbons (Fsp3) is 0.650. The van der Waals surface area contributed by atoms with Gasteiger partial charge in [-0.2, -0.15) is 0 Å². The molecule has 1 aliphatic carbocycles. The summed E-state index contributed by atoms with van der Waals surface area (Å²) in [6, 6.07) is 8.79. The van der Waals surface area contributed by atoms with Crippen molar-refractivity contribution in [3.63, 3.8) is 0 Å². The van der Waals surface area contributed by atoms with Gasteiger partial charge < -0.3 is 19.7 Å². The van der Waals surface area contributed by atoms with Gasteiger partial charge in [-0.1, -0.05) is 25.0 Å². The number of rotatable bonds is 2. The largest absolute Gasteiger partial charge is 0.497 e. The summed E-state index contributed by atoms with van der Waals surface area (Å²) in [6.07, 6.45) is 4.36. The van der Waals surface area contributed by atoms with Crippen LogP contribution in [0.15, 0.2) is 24.3 Å². The van der Waals surface area contributed by atoms with Crippen molar-refractivity contribution >= 4 is 6.09 Å². The summed E-state index contributed by atoms with van der Waals surface area (Å²) in [7, 11) is 1.67. The third kappa shape index (κ3) is 4.27. The number of fused-ring (bicyclic) bond motifs is 1. The second-order valence-corrected chi connectivity index (χ2v) is 8.08. The Bertz CT molecular complexity index is 594. The van der Waals surface area contributed by atoms with E-state index in [2.05, 4.69) is 17.4 Å². The molecule has 1 aromatic carbocycles. The van der Waals surface area contributed by atoms with Crippen LogP contribution < -0.4 is 10.1 Å². The van der Waals surface area contributed by atoms with Crippen LogP contribution in [0.5, 0.6) is 5.75 Å².